The summed E-state index contributed by atoms with van der Waals surface area (Å²) in [5, 5.41) is 8.73. The molecule has 1 aromatic carbocycles. The molecular weight excluding hydrogens is 402 g/mol. The highest BCUT2D eigenvalue weighted by Crippen LogP contribution is 2.22. The minimum absolute atomic E-state index is 0.253. The summed E-state index contributed by atoms with van der Waals surface area (Å²) in [4.78, 5) is 11.1. The zero-order chi connectivity index (χ0) is 9.30. The number of hydrogen-bond acceptors (Lipinski definition) is 2. The third-order valence-corrected chi connectivity index (χ3v) is 4.46. The maximum atomic E-state index is 10.6. The highest BCUT2D eigenvalue weighted by Gasteiger charge is 2.09. The van der Waals surface area contributed by atoms with Crippen molar-refractivity contribution in [1.29, 1.82) is 0 Å². The molecule has 5 heteroatoms. The van der Waals surface area contributed by atoms with E-state index in [1.54, 1.807) is 12.1 Å². The lowest BCUT2D eigenvalue weighted by molar-refractivity contribution is 0.0693. The molecule has 1 N–H and O–H groups in total. The molecule has 0 atom stereocenters. The summed E-state index contributed by atoms with van der Waals surface area (Å²) >= 11 is 8.30. The SMILES string of the molecule is O=C(O)c1cc(I)c(I)cc1S. The zero-order valence-corrected chi connectivity index (χ0v) is 10.9. The van der Waals surface area contributed by atoms with Gasteiger partial charge in [-0.05, 0) is 57.3 Å². The van der Waals surface area contributed by atoms with E-state index in [0.29, 0.717) is 4.90 Å². The van der Waals surface area contributed by atoms with Crippen molar-refractivity contribution in [2.24, 2.45) is 0 Å². The third kappa shape index (κ3) is 2.25. The molecule has 0 saturated heterocycles. The molecule has 0 aromatic heterocycles. The fraction of sp³-hybridized carbons (Fsp3) is 0. The Labute approximate surface area is 102 Å². The molecule has 0 saturated carbocycles. The Morgan fingerprint density at radius 2 is 1.83 bits per heavy atom. The van der Waals surface area contributed by atoms with Crippen molar-refractivity contribution in [2.75, 3.05) is 0 Å². The summed E-state index contributed by atoms with van der Waals surface area (Å²) in [5.74, 6) is -0.936. The van der Waals surface area contributed by atoms with Gasteiger partial charge in [0.2, 0.25) is 0 Å². The van der Waals surface area contributed by atoms with E-state index >= 15 is 0 Å². The minimum Gasteiger partial charge on any atom is -0.478 e. The van der Waals surface area contributed by atoms with Crippen molar-refractivity contribution in [1.82, 2.24) is 0 Å². The quantitative estimate of drug-likeness (QED) is 0.557. The number of hydrogen-bond donors (Lipinski definition) is 2. The molecule has 0 amide bonds. The summed E-state index contributed by atoms with van der Waals surface area (Å²) < 4.78 is 1.95. The van der Waals surface area contributed by atoms with Crippen molar-refractivity contribution < 1.29 is 9.90 Å². The number of benzene rings is 1. The Morgan fingerprint density at radius 1 is 1.33 bits per heavy atom. The van der Waals surface area contributed by atoms with E-state index < -0.39 is 5.97 Å². The van der Waals surface area contributed by atoms with E-state index in [1.807, 2.05) is 0 Å². The Kier molecular flexibility index (Phi) is 3.65. The van der Waals surface area contributed by atoms with Gasteiger partial charge < -0.3 is 5.11 Å². The molecule has 2 nitrogen and oxygen atoms in total. The molecule has 0 aliphatic rings. The van der Waals surface area contributed by atoms with Crippen LogP contribution in [0.1, 0.15) is 10.4 Å². The molecule has 64 valence electrons. The number of halogens is 2. The predicted octanol–water partition coefficient (Wildman–Crippen LogP) is 2.88. The maximum absolute atomic E-state index is 10.6. The first-order chi connectivity index (χ1) is 5.52. The van der Waals surface area contributed by atoms with Crippen LogP contribution in [0.15, 0.2) is 17.0 Å². The van der Waals surface area contributed by atoms with Crippen LogP contribution in [0.25, 0.3) is 0 Å². The number of rotatable bonds is 1. The standard InChI is InChI=1S/C7H4I2O2S/c8-4-1-3(7(10)11)6(12)2-5(4)9/h1-2,12H,(H,10,11). The van der Waals surface area contributed by atoms with Gasteiger partial charge in [0.1, 0.15) is 0 Å². The van der Waals surface area contributed by atoms with Gasteiger partial charge in [-0.15, -0.1) is 12.6 Å². The third-order valence-electron chi connectivity index (χ3n) is 1.27. The molecule has 0 spiro atoms. The van der Waals surface area contributed by atoms with Crippen LogP contribution in [-0.2, 0) is 0 Å². The van der Waals surface area contributed by atoms with Gasteiger partial charge >= 0.3 is 5.97 Å². The van der Waals surface area contributed by atoms with Gasteiger partial charge in [-0.3, -0.25) is 0 Å². The summed E-state index contributed by atoms with van der Waals surface area (Å²) in [7, 11) is 0. The van der Waals surface area contributed by atoms with E-state index in [1.165, 1.54) is 0 Å². The van der Waals surface area contributed by atoms with Gasteiger partial charge in [0.25, 0.3) is 0 Å². The van der Waals surface area contributed by atoms with Crippen molar-refractivity contribution in [3.63, 3.8) is 0 Å². The molecule has 1 aromatic rings. The van der Waals surface area contributed by atoms with Gasteiger partial charge in [-0.1, -0.05) is 0 Å². The molecule has 0 radical (unpaired) electrons. The Morgan fingerprint density at radius 3 is 2.33 bits per heavy atom. The first-order valence-corrected chi connectivity index (χ1v) is 5.54. The van der Waals surface area contributed by atoms with Crippen LogP contribution in [0.3, 0.4) is 0 Å². The first-order valence-electron chi connectivity index (χ1n) is 2.93. The van der Waals surface area contributed by atoms with Crippen LogP contribution in [0.2, 0.25) is 0 Å². The highest BCUT2D eigenvalue weighted by atomic mass is 127. The maximum Gasteiger partial charge on any atom is 0.336 e. The fourth-order valence-corrected chi connectivity index (χ4v) is 2.18. The second-order valence-corrected chi connectivity index (χ2v) is 4.89. The predicted molar refractivity (Wildman–Crippen MR) is 66.1 cm³/mol. The summed E-state index contributed by atoms with van der Waals surface area (Å²) in [6.07, 6.45) is 0. The van der Waals surface area contributed by atoms with Gasteiger partial charge in [0, 0.05) is 12.0 Å². The molecule has 0 aliphatic heterocycles. The Hall–Kier alpha value is 0.500. The van der Waals surface area contributed by atoms with E-state index in [-0.39, 0.29) is 5.56 Å². The lowest BCUT2D eigenvalue weighted by Crippen LogP contribution is -1.99. The molecule has 0 aliphatic carbocycles. The van der Waals surface area contributed by atoms with E-state index in [4.69, 9.17) is 5.11 Å². The lowest BCUT2D eigenvalue weighted by atomic mass is 10.2. The van der Waals surface area contributed by atoms with Crippen molar-refractivity contribution in [3.05, 3.63) is 24.8 Å². The van der Waals surface area contributed by atoms with Crippen LogP contribution >= 0.6 is 57.8 Å². The smallest absolute Gasteiger partial charge is 0.336 e. The van der Waals surface area contributed by atoms with Gasteiger partial charge in [-0.25, -0.2) is 4.79 Å². The highest BCUT2D eigenvalue weighted by molar-refractivity contribution is 14.1. The minimum atomic E-state index is -0.936. The fourth-order valence-electron chi connectivity index (χ4n) is 0.708. The second-order valence-electron chi connectivity index (χ2n) is 2.09. The molecule has 0 unspecified atom stereocenters. The summed E-state index contributed by atoms with van der Waals surface area (Å²) in [6.45, 7) is 0. The van der Waals surface area contributed by atoms with Crippen LogP contribution in [0.4, 0.5) is 0 Å². The van der Waals surface area contributed by atoms with Crippen LogP contribution < -0.4 is 0 Å². The average molecular weight is 406 g/mol. The molecule has 0 heterocycles. The number of carbonyl (C=O) groups is 1. The number of aromatic carboxylic acids is 1. The first kappa shape index (κ1) is 10.6. The molecule has 1 rings (SSSR count). The Bertz CT molecular complexity index is 338. The number of thiol groups is 1. The van der Waals surface area contributed by atoms with Gasteiger partial charge in [-0.2, -0.15) is 0 Å². The molecular formula is C7H4I2O2S. The van der Waals surface area contributed by atoms with E-state index in [0.717, 1.165) is 7.14 Å². The molecule has 0 fully saturated rings. The largest absolute Gasteiger partial charge is 0.478 e. The molecule has 12 heavy (non-hydrogen) atoms. The van der Waals surface area contributed by atoms with Crippen LogP contribution in [-0.4, -0.2) is 11.1 Å². The average Bonchev–Trinajstić information content (AvgIpc) is 1.96. The van der Waals surface area contributed by atoms with Crippen molar-refractivity contribution in [3.8, 4) is 0 Å². The van der Waals surface area contributed by atoms with E-state index in [9.17, 15) is 4.79 Å². The molecule has 0 bridgehead atoms. The topological polar surface area (TPSA) is 37.3 Å². The summed E-state index contributed by atoms with van der Waals surface area (Å²) in [5.41, 5.74) is 0.253. The Balaban J connectivity index is 3.33. The lowest BCUT2D eigenvalue weighted by Gasteiger charge is -2.02. The number of carboxylic acids is 1. The van der Waals surface area contributed by atoms with Crippen molar-refractivity contribution in [2.45, 2.75) is 4.90 Å². The van der Waals surface area contributed by atoms with Gasteiger partial charge in [0.05, 0.1) is 5.56 Å². The monoisotopic (exact) mass is 406 g/mol. The van der Waals surface area contributed by atoms with Crippen LogP contribution in [0, 0.1) is 7.14 Å². The zero-order valence-electron chi connectivity index (χ0n) is 5.71. The summed E-state index contributed by atoms with van der Waals surface area (Å²) in [6, 6.07) is 3.36. The van der Waals surface area contributed by atoms with Gasteiger partial charge in [0.15, 0.2) is 0 Å². The second kappa shape index (κ2) is 4.14. The number of carboxylic acid groups (broad SMARTS) is 1. The van der Waals surface area contributed by atoms with E-state index in [2.05, 4.69) is 57.8 Å². The normalized spacial score (nSPS) is 9.92. The van der Waals surface area contributed by atoms with Crippen molar-refractivity contribution >= 4 is 63.8 Å². The van der Waals surface area contributed by atoms with Crippen LogP contribution in [0.5, 0.6) is 0 Å².